The molecular formula is C8H15NO2. The van der Waals surface area contributed by atoms with Crippen LogP contribution in [0, 0.1) is 0 Å². The zero-order chi connectivity index (χ0) is 8.85. The maximum absolute atomic E-state index is 10.9. The molecule has 0 saturated carbocycles. The van der Waals surface area contributed by atoms with Crippen molar-refractivity contribution in [1.29, 1.82) is 0 Å². The lowest BCUT2D eigenvalue weighted by Gasteiger charge is -2.05. The Balaban J connectivity index is 3.46. The van der Waals surface area contributed by atoms with Crippen LogP contribution in [0.15, 0.2) is 0 Å². The van der Waals surface area contributed by atoms with Gasteiger partial charge in [-0.25, -0.2) is 0 Å². The Labute approximate surface area is 67.2 Å². The molecule has 0 aromatic heterocycles. The van der Waals surface area contributed by atoms with E-state index in [1.54, 1.807) is 0 Å². The van der Waals surface area contributed by atoms with Gasteiger partial charge in [0.1, 0.15) is 5.78 Å². The summed E-state index contributed by atoms with van der Waals surface area (Å²) in [6, 6.07) is 0.297. The fourth-order valence-electron chi connectivity index (χ4n) is 0.658. The van der Waals surface area contributed by atoms with Crippen LogP contribution >= 0.6 is 0 Å². The van der Waals surface area contributed by atoms with E-state index in [4.69, 9.17) is 0 Å². The van der Waals surface area contributed by atoms with Crippen LogP contribution in [0.1, 0.15) is 27.2 Å². The van der Waals surface area contributed by atoms with Gasteiger partial charge in [0.05, 0.1) is 13.0 Å². The van der Waals surface area contributed by atoms with E-state index in [-0.39, 0.29) is 18.0 Å². The minimum Gasteiger partial charge on any atom is -0.308 e. The molecule has 11 heavy (non-hydrogen) atoms. The molecule has 0 aliphatic carbocycles. The molecule has 3 nitrogen and oxygen atoms in total. The summed E-state index contributed by atoms with van der Waals surface area (Å²) in [7, 11) is 0. The molecular weight excluding hydrogens is 142 g/mol. The lowest BCUT2D eigenvalue weighted by atomic mass is 10.2. The van der Waals surface area contributed by atoms with Crippen LogP contribution in [-0.4, -0.2) is 24.2 Å². The molecule has 0 saturated heterocycles. The second kappa shape index (κ2) is 5.02. The number of carbonyl (C=O) groups excluding carboxylic acids is 2. The van der Waals surface area contributed by atoms with E-state index in [9.17, 15) is 9.59 Å². The Kier molecular flexibility index (Phi) is 4.70. The summed E-state index contributed by atoms with van der Waals surface area (Å²) in [6.07, 6.45) is 0.0553. The summed E-state index contributed by atoms with van der Waals surface area (Å²) in [6.45, 7) is 5.65. The number of rotatable bonds is 5. The molecule has 0 amide bonds. The Hall–Kier alpha value is -0.700. The smallest absolute Gasteiger partial charge is 0.153 e. The molecule has 0 aliphatic rings. The summed E-state index contributed by atoms with van der Waals surface area (Å²) >= 11 is 0. The summed E-state index contributed by atoms with van der Waals surface area (Å²) in [4.78, 5) is 21.3. The fraction of sp³-hybridized carbons (Fsp3) is 0.750. The van der Waals surface area contributed by atoms with Crippen LogP contribution in [-0.2, 0) is 9.59 Å². The third kappa shape index (κ3) is 7.19. The van der Waals surface area contributed by atoms with Crippen molar-refractivity contribution in [1.82, 2.24) is 5.32 Å². The van der Waals surface area contributed by atoms with Crippen molar-refractivity contribution in [3.05, 3.63) is 0 Å². The zero-order valence-electron chi connectivity index (χ0n) is 7.31. The van der Waals surface area contributed by atoms with Crippen molar-refractivity contribution in [2.24, 2.45) is 0 Å². The van der Waals surface area contributed by atoms with E-state index in [1.165, 1.54) is 6.92 Å². The maximum atomic E-state index is 10.9. The van der Waals surface area contributed by atoms with Crippen molar-refractivity contribution < 1.29 is 9.59 Å². The van der Waals surface area contributed by atoms with Crippen molar-refractivity contribution in [2.45, 2.75) is 33.2 Å². The van der Waals surface area contributed by atoms with Gasteiger partial charge in [0.15, 0.2) is 5.78 Å². The standard InChI is InChI=1S/C8H15NO2/c1-6(2)9-5-8(11)4-7(3)10/h6,9H,4-5H2,1-3H3. The molecule has 64 valence electrons. The minimum absolute atomic E-state index is 0.0359. The van der Waals surface area contributed by atoms with Gasteiger partial charge in [0.25, 0.3) is 0 Å². The number of hydrogen-bond donors (Lipinski definition) is 1. The number of nitrogens with one attached hydrogen (secondary N) is 1. The van der Waals surface area contributed by atoms with Crippen molar-refractivity contribution >= 4 is 11.6 Å². The molecule has 0 unspecified atom stereocenters. The van der Waals surface area contributed by atoms with Gasteiger partial charge in [0.2, 0.25) is 0 Å². The van der Waals surface area contributed by atoms with Crippen LogP contribution in [0.3, 0.4) is 0 Å². The molecule has 0 aromatic carbocycles. The highest BCUT2D eigenvalue weighted by atomic mass is 16.1. The van der Waals surface area contributed by atoms with Crippen molar-refractivity contribution in [3.63, 3.8) is 0 Å². The minimum atomic E-state index is -0.0689. The van der Waals surface area contributed by atoms with Crippen molar-refractivity contribution in [2.75, 3.05) is 6.54 Å². The normalized spacial score (nSPS) is 10.2. The zero-order valence-corrected chi connectivity index (χ0v) is 7.31. The van der Waals surface area contributed by atoms with Gasteiger partial charge in [-0.1, -0.05) is 13.8 Å². The molecule has 0 bridgehead atoms. The molecule has 0 atom stereocenters. The van der Waals surface area contributed by atoms with Gasteiger partial charge >= 0.3 is 0 Å². The average Bonchev–Trinajstić information content (AvgIpc) is 1.82. The Morgan fingerprint density at radius 1 is 1.36 bits per heavy atom. The highest BCUT2D eigenvalue weighted by Gasteiger charge is 2.04. The number of ketones is 2. The highest BCUT2D eigenvalue weighted by molar-refractivity contribution is 5.98. The van der Waals surface area contributed by atoms with E-state index < -0.39 is 0 Å². The van der Waals surface area contributed by atoms with Crippen LogP contribution in [0.25, 0.3) is 0 Å². The van der Waals surface area contributed by atoms with E-state index in [1.807, 2.05) is 13.8 Å². The number of hydrogen-bond acceptors (Lipinski definition) is 3. The topological polar surface area (TPSA) is 46.2 Å². The van der Waals surface area contributed by atoms with Crippen LogP contribution in [0.4, 0.5) is 0 Å². The van der Waals surface area contributed by atoms with E-state index >= 15 is 0 Å². The summed E-state index contributed by atoms with van der Waals surface area (Å²) in [5, 5.41) is 2.95. The summed E-state index contributed by atoms with van der Waals surface area (Å²) < 4.78 is 0. The van der Waals surface area contributed by atoms with Crippen LogP contribution in [0.5, 0.6) is 0 Å². The maximum Gasteiger partial charge on any atom is 0.153 e. The SMILES string of the molecule is CC(=O)CC(=O)CNC(C)C. The van der Waals surface area contributed by atoms with Gasteiger partial charge in [0, 0.05) is 6.04 Å². The first-order valence-electron chi connectivity index (χ1n) is 3.77. The highest BCUT2D eigenvalue weighted by Crippen LogP contribution is 1.84. The largest absolute Gasteiger partial charge is 0.308 e. The van der Waals surface area contributed by atoms with E-state index in [2.05, 4.69) is 5.32 Å². The van der Waals surface area contributed by atoms with Crippen molar-refractivity contribution in [3.8, 4) is 0 Å². The molecule has 3 heteroatoms. The third-order valence-corrected chi connectivity index (χ3v) is 1.15. The number of carbonyl (C=O) groups is 2. The van der Waals surface area contributed by atoms with Crippen LogP contribution in [0.2, 0.25) is 0 Å². The number of Topliss-reactive ketones (excluding diaryl/α,β-unsaturated/α-hetero) is 2. The lowest BCUT2D eigenvalue weighted by molar-refractivity contribution is -0.125. The average molecular weight is 157 g/mol. The first-order valence-corrected chi connectivity index (χ1v) is 3.77. The third-order valence-electron chi connectivity index (χ3n) is 1.15. The molecule has 0 spiro atoms. The Morgan fingerprint density at radius 2 is 1.91 bits per heavy atom. The first kappa shape index (κ1) is 10.3. The Morgan fingerprint density at radius 3 is 2.27 bits per heavy atom. The van der Waals surface area contributed by atoms with Gasteiger partial charge in [-0.2, -0.15) is 0 Å². The predicted octanol–water partition coefficient (Wildman–Crippen LogP) is 0.533. The van der Waals surface area contributed by atoms with Gasteiger partial charge < -0.3 is 5.32 Å². The molecule has 1 N–H and O–H groups in total. The Bertz CT molecular complexity index is 152. The molecule has 0 heterocycles. The monoisotopic (exact) mass is 157 g/mol. The van der Waals surface area contributed by atoms with Gasteiger partial charge in [-0.05, 0) is 6.92 Å². The van der Waals surface area contributed by atoms with E-state index in [0.717, 1.165) is 0 Å². The molecule has 0 radical (unpaired) electrons. The fourth-order valence-corrected chi connectivity index (χ4v) is 0.658. The lowest BCUT2D eigenvalue weighted by Crippen LogP contribution is -2.29. The van der Waals surface area contributed by atoms with Crippen LogP contribution < -0.4 is 5.32 Å². The van der Waals surface area contributed by atoms with E-state index in [0.29, 0.717) is 12.6 Å². The second-order valence-electron chi connectivity index (χ2n) is 2.95. The molecule has 0 aromatic rings. The first-order chi connectivity index (χ1) is 5.02. The second-order valence-corrected chi connectivity index (χ2v) is 2.95. The summed E-state index contributed by atoms with van der Waals surface area (Å²) in [5.41, 5.74) is 0. The van der Waals surface area contributed by atoms with Gasteiger partial charge in [-0.3, -0.25) is 9.59 Å². The predicted molar refractivity (Wildman–Crippen MR) is 43.4 cm³/mol. The molecule has 0 rings (SSSR count). The quantitative estimate of drug-likeness (QED) is 0.592. The molecule has 0 aliphatic heterocycles. The van der Waals surface area contributed by atoms with Gasteiger partial charge in [-0.15, -0.1) is 0 Å². The summed E-state index contributed by atoms with van der Waals surface area (Å²) in [5.74, 6) is -0.105. The molecule has 0 fully saturated rings.